The average molecular weight is 409 g/mol. The Morgan fingerprint density at radius 3 is 2.60 bits per heavy atom. The summed E-state index contributed by atoms with van der Waals surface area (Å²) in [5.74, 6) is 1.80. The lowest BCUT2D eigenvalue weighted by Crippen LogP contribution is -2.38. The Balaban J connectivity index is 1.77. The van der Waals surface area contributed by atoms with Crippen LogP contribution in [0.4, 0.5) is 5.82 Å². The number of hydrogen-bond donors (Lipinski definition) is 1. The van der Waals surface area contributed by atoms with Gasteiger partial charge < -0.3 is 19.5 Å². The molecule has 3 aromatic rings. The van der Waals surface area contributed by atoms with Crippen LogP contribution in [0, 0.1) is 6.92 Å². The van der Waals surface area contributed by atoms with E-state index >= 15 is 0 Å². The molecule has 4 rings (SSSR count). The van der Waals surface area contributed by atoms with Crippen LogP contribution in [0.5, 0.6) is 0 Å². The van der Waals surface area contributed by atoms with Crippen LogP contribution in [0.2, 0.25) is 0 Å². The van der Waals surface area contributed by atoms with Crippen LogP contribution in [0.15, 0.2) is 42.6 Å². The number of hydrogen-bond acceptors (Lipinski definition) is 7. The second kappa shape index (κ2) is 8.51. The van der Waals surface area contributed by atoms with E-state index in [-0.39, 0.29) is 6.61 Å². The van der Waals surface area contributed by atoms with Crippen molar-refractivity contribution in [3.8, 4) is 17.1 Å². The number of aromatic nitrogens is 4. The van der Waals surface area contributed by atoms with Crippen LogP contribution in [-0.2, 0) is 15.1 Å². The van der Waals surface area contributed by atoms with Gasteiger partial charge in [0.05, 0.1) is 25.5 Å². The van der Waals surface area contributed by atoms with Gasteiger partial charge >= 0.3 is 0 Å². The summed E-state index contributed by atoms with van der Waals surface area (Å²) in [7, 11) is 1.55. The highest BCUT2D eigenvalue weighted by atomic mass is 16.5. The molecule has 0 saturated carbocycles. The fourth-order valence-corrected chi connectivity index (χ4v) is 3.37. The van der Waals surface area contributed by atoms with E-state index in [0.717, 1.165) is 30.2 Å². The Hall–Kier alpha value is -2.81. The summed E-state index contributed by atoms with van der Waals surface area (Å²) in [6.45, 7) is 6.38. The smallest absolute Gasteiger partial charge is 0.167 e. The van der Waals surface area contributed by atoms with Crippen molar-refractivity contribution in [3.05, 3.63) is 54.0 Å². The van der Waals surface area contributed by atoms with Gasteiger partial charge in [0.15, 0.2) is 11.6 Å². The first-order valence-electron chi connectivity index (χ1n) is 10.0. The molecule has 30 heavy (non-hydrogen) atoms. The van der Waals surface area contributed by atoms with Crippen molar-refractivity contribution in [1.82, 2.24) is 19.7 Å². The molecule has 158 valence electrons. The quantitative estimate of drug-likeness (QED) is 0.669. The molecule has 8 heteroatoms. The lowest BCUT2D eigenvalue weighted by molar-refractivity contribution is -0.0486. The molecule has 3 heterocycles. The van der Waals surface area contributed by atoms with Crippen LogP contribution in [-0.4, -0.2) is 64.9 Å². The van der Waals surface area contributed by atoms with Gasteiger partial charge in [-0.3, -0.25) is 0 Å². The van der Waals surface area contributed by atoms with Crippen LogP contribution >= 0.6 is 0 Å². The number of aliphatic hydroxyl groups is 1. The molecule has 1 aliphatic rings. The van der Waals surface area contributed by atoms with Gasteiger partial charge in [0.1, 0.15) is 11.4 Å². The number of nitrogens with zero attached hydrogens (tertiary/aromatic N) is 5. The zero-order chi connectivity index (χ0) is 21.1. The minimum Gasteiger partial charge on any atom is -0.393 e. The van der Waals surface area contributed by atoms with Gasteiger partial charge in [-0.1, -0.05) is 23.8 Å². The summed E-state index contributed by atoms with van der Waals surface area (Å²) in [6, 6.07) is 12.1. The Bertz CT molecular complexity index is 1010. The first-order valence-corrected chi connectivity index (χ1v) is 10.0. The Morgan fingerprint density at radius 2 is 1.90 bits per heavy atom. The van der Waals surface area contributed by atoms with E-state index < -0.39 is 5.60 Å². The minimum absolute atomic E-state index is 0.233. The Labute approximate surface area is 176 Å². The van der Waals surface area contributed by atoms with E-state index in [1.54, 1.807) is 18.7 Å². The van der Waals surface area contributed by atoms with Gasteiger partial charge in [0.2, 0.25) is 0 Å². The third kappa shape index (κ3) is 4.07. The minimum atomic E-state index is -1.01. The lowest BCUT2D eigenvalue weighted by Gasteiger charge is -2.30. The predicted molar refractivity (Wildman–Crippen MR) is 114 cm³/mol. The molecule has 0 radical (unpaired) electrons. The predicted octanol–water partition coefficient (Wildman–Crippen LogP) is 2.33. The number of rotatable bonds is 6. The molecular weight excluding hydrogens is 382 g/mol. The zero-order valence-corrected chi connectivity index (χ0v) is 17.6. The van der Waals surface area contributed by atoms with Crippen molar-refractivity contribution < 1.29 is 14.6 Å². The summed E-state index contributed by atoms with van der Waals surface area (Å²) in [5.41, 5.74) is 2.08. The molecule has 2 aromatic heterocycles. The average Bonchev–Trinajstić information content (AvgIpc) is 3.29. The van der Waals surface area contributed by atoms with Crippen LogP contribution in [0.3, 0.4) is 0 Å². The van der Waals surface area contributed by atoms with E-state index in [4.69, 9.17) is 19.6 Å². The number of morpholine rings is 1. The van der Waals surface area contributed by atoms with E-state index in [9.17, 15) is 5.11 Å². The number of anilines is 1. The second-order valence-electron chi connectivity index (χ2n) is 7.62. The van der Waals surface area contributed by atoms with Gasteiger partial charge in [0.25, 0.3) is 0 Å². The van der Waals surface area contributed by atoms with Gasteiger partial charge in [-0.15, -0.1) is 0 Å². The van der Waals surface area contributed by atoms with E-state index in [1.165, 1.54) is 5.56 Å². The summed E-state index contributed by atoms with van der Waals surface area (Å²) in [5, 5.41) is 14.7. The van der Waals surface area contributed by atoms with Gasteiger partial charge in [0, 0.05) is 38.0 Å². The Morgan fingerprint density at radius 1 is 1.13 bits per heavy atom. The molecule has 0 unspecified atom stereocenters. The maximum Gasteiger partial charge on any atom is 0.167 e. The van der Waals surface area contributed by atoms with E-state index in [0.29, 0.717) is 24.9 Å². The summed E-state index contributed by atoms with van der Waals surface area (Å²) in [6.07, 6.45) is 1.88. The molecule has 0 spiro atoms. The Kier molecular flexibility index (Phi) is 5.80. The number of aliphatic hydroxyl groups excluding tert-OH is 1. The SMILES string of the molecule is CO[C@@](C)(CO)c1nc(N2CCOCC2)cc(-n2ccc(-c3cccc(C)c3)n2)n1. The molecule has 8 nitrogen and oxygen atoms in total. The van der Waals surface area contributed by atoms with Crippen molar-refractivity contribution in [1.29, 1.82) is 0 Å². The summed E-state index contributed by atoms with van der Waals surface area (Å²) >= 11 is 0. The topological polar surface area (TPSA) is 85.5 Å². The standard InChI is InChI=1S/C22H27N5O3/c1-16-5-4-6-17(13-16)18-7-8-27(25-18)20-14-19(26-9-11-30-12-10-26)23-21(24-20)22(2,15-28)29-3/h4-8,13-14,28H,9-12,15H2,1-3H3/t22-/m0/s1. The first-order chi connectivity index (χ1) is 14.5. The van der Waals surface area contributed by atoms with Crippen LogP contribution in [0.1, 0.15) is 18.3 Å². The van der Waals surface area contributed by atoms with Crippen molar-refractivity contribution >= 4 is 5.82 Å². The third-order valence-corrected chi connectivity index (χ3v) is 5.40. The van der Waals surface area contributed by atoms with Crippen molar-refractivity contribution in [2.45, 2.75) is 19.4 Å². The highest BCUT2D eigenvalue weighted by molar-refractivity contribution is 5.60. The summed E-state index contributed by atoms with van der Waals surface area (Å²) in [4.78, 5) is 11.5. The normalized spacial score (nSPS) is 16.5. The molecule has 1 fully saturated rings. The maximum atomic E-state index is 9.92. The molecule has 1 atom stereocenters. The molecular formula is C22H27N5O3. The van der Waals surface area contributed by atoms with E-state index in [2.05, 4.69) is 28.9 Å². The van der Waals surface area contributed by atoms with Gasteiger partial charge in [-0.25, -0.2) is 14.6 Å². The van der Waals surface area contributed by atoms with Gasteiger partial charge in [-0.2, -0.15) is 5.10 Å². The number of methoxy groups -OCH3 is 1. The van der Waals surface area contributed by atoms with Crippen LogP contribution < -0.4 is 4.90 Å². The monoisotopic (exact) mass is 409 g/mol. The molecule has 1 N–H and O–H groups in total. The first kappa shape index (κ1) is 20.5. The third-order valence-electron chi connectivity index (χ3n) is 5.40. The zero-order valence-electron chi connectivity index (χ0n) is 17.6. The number of aryl methyl sites for hydroxylation is 1. The molecule has 1 saturated heterocycles. The lowest BCUT2D eigenvalue weighted by atomic mass is 10.1. The molecule has 1 aromatic carbocycles. The van der Waals surface area contributed by atoms with Crippen molar-refractivity contribution in [2.75, 3.05) is 44.9 Å². The molecule has 1 aliphatic heterocycles. The molecule has 0 bridgehead atoms. The summed E-state index contributed by atoms with van der Waals surface area (Å²) < 4.78 is 12.8. The van der Waals surface area contributed by atoms with Gasteiger partial charge in [-0.05, 0) is 26.0 Å². The van der Waals surface area contributed by atoms with Crippen molar-refractivity contribution in [3.63, 3.8) is 0 Å². The van der Waals surface area contributed by atoms with Crippen molar-refractivity contribution in [2.24, 2.45) is 0 Å². The largest absolute Gasteiger partial charge is 0.393 e. The number of ether oxygens (including phenoxy) is 2. The molecule has 0 amide bonds. The highest BCUT2D eigenvalue weighted by Gasteiger charge is 2.31. The second-order valence-corrected chi connectivity index (χ2v) is 7.62. The number of benzene rings is 1. The fourth-order valence-electron chi connectivity index (χ4n) is 3.37. The van der Waals surface area contributed by atoms with Crippen LogP contribution in [0.25, 0.3) is 17.1 Å². The molecule has 0 aliphatic carbocycles. The van der Waals surface area contributed by atoms with E-state index in [1.807, 2.05) is 30.5 Å². The fraction of sp³-hybridized carbons (Fsp3) is 0.409. The maximum absolute atomic E-state index is 9.92. The highest BCUT2D eigenvalue weighted by Crippen LogP contribution is 2.26.